The highest BCUT2D eigenvalue weighted by atomic mass is 16.5. The van der Waals surface area contributed by atoms with Crippen LogP contribution in [0.4, 0.5) is 11.4 Å². The number of carbonyl (C=O) groups excluding carboxylic acids is 1. The smallest absolute Gasteiger partial charge is 0.246 e. The summed E-state index contributed by atoms with van der Waals surface area (Å²) < 4.78 is 11.1. The standard InChI is InChI=1S/C25H28N2O3/c1-4-30-24-13-9-8-12-22(24)27-25(28)18(2)26-21-14-15-23(29-3)20(17-21)16-19-10-6-5-7-11-19/h5-15,17-18,26H,4,16H2,1-3H3,(H,27,28). The minimum atomic E-state index is -0.433. The van der Waals surface area contributed by atoms with Gasteiger partial charge < -0.3 is 20.1 Å². The molecule has 0 bridgehead atoms. The summed E-state index contributed by atoms with van der Waals surface area (Å²) in [5.74, 6) is 1.35. The van der Waals surface area contributed by atoms with E-state index in [2.05, 4.69) is 22.8 Å². The van der Waals surface area contributed by atoms with Crippen molar-refractivity contribution in [3.8, 4) is 11.5 Å². The van der Waals surface area contributed by atoms with E-state index in [0.29, 0.717) is 18.0 Å². The molecule has 0 aliphatic carbocycles. The molecule has 3 aromatic rings. The van der Waals surface area contributed by atoms with Crippen LogP contribution in [0.25, 0.3) is 0 Å². The molecule has 1 unspecified atom stereocenters. The highest BCUT2D eigenvalue weighted by Crippen LogP contribution is 2.27. The summed E-state index contributed by atoms with van der Waals surface area (Å²) in [7, 11) is 1.67. The molecular weight excluding hydrogens is 376 g/mol. The molecule has 5 nitrogen and oxygen atoms in total. The summed E-state index contributed by atoms with van der Waals surface area (Å²) in [5.41, 5.74) is 3.79. The van der Waals surface area contributed by atoms with Crippen molar-refractivity contribution in [2.45, 2.75) is 26.3 Å². The summed E-state index contributed by atoms with van der Waals surface area (Å²) in [6.07, 6.45) is 0.752. The van der Waals surface area contributed by atoms with Crippen LogP contribution in [-0.2, 0) is 11.2 Å². The highest BCUT2D eigenvalue weighted by molar-refractivity contribution is 5.97. The zero-order chi connectivity index (χ0) is 21.3. The van der Waals surface area contributed by atoms with Crippen molar-refractivity contribution >= 4 is 17.3 Å². The maximum absolute atomic E-state index is 12.7. The molecule has 3 rings (SSSR count). The van der Waals surface area contributed by atoms with Crippen molar-refractivity contribution in [1.29, 1.82) is 0 Å². The van der Waals surface area contributed by atoms with Gasteiger partial charge in [-0.15, -0.1) is 0 Å². The maximum atomic E-state index is 12.7. The third-order valence-corrected chi connectivity index (χ3v) is 4.74. The SMILES string of the molecule is CCOc1ccccc1NC(=O)C(C)Nc1ccc(OC)c(Cc2ccccc2)c1. The molecule has 0 aliphatic rings. The Morgan fingerprint density at radius 3 is 2.43 bits per heavy atom. The number of rotatable bonds is 9. The molecule has 3 aromatic carbocycles. The zero-order valence-electron chi connectivity index (χ0n) is 17.6. The third-order valence-electron chi connectivity index (χ3n) is 4.74. The Morgan fingerprint density at radius 1 is 0.967 bits per heavy atom. The van der Waals surface area contributed by atoms with E-state index in [4.69, 9.17) is 9.47 Å². The predicted octanol–water partition coefficient (Wildman–Crippen LogP) is 5.12. The van der Waals surface area contributed by atoms with Crippen LogP contribution in [0.15, 0.2) is 72.8 Å². The number of carbonyl (C=O) groups is 1. The van der Waals surface area contributed by atoms with Crippen LogP contribution in [0.2, 0.25) is 0 Å². The molecule has 0 spiro atoms. The Hall–Kier alpha value is -3.47. The Bertz CT molecular complexity index is 973. The van der Waals surface area contributed by atoms with E-state index in [-0.39, 0.29) is 5.91 Å². The number of para-hydroxylation sites is 2. The first kappa shape index (κ1) is 21.2. The summed E-state index contributed by atoms with van der Waals surface area (Å²) in [6.45, 7) is 4.29. The predicted molar refractivity (Wildman–Crippen MR) is 122 cm³/mol. The van der Waals surface area contributed by atoms with Crippen LogP contribution in [0.3, 0.4) is 0 Å². The summed E-state index contributed by atoms with van der Waals surface area (Å²) in [6, 6.07) is 23.1. The van der Waals surface area contributed by atoms with Crippen LogP contribution in [0, 0.1) is 0 Å². The van der Waals surface area contributed by atoms with E-state index in [1.54, 1.807) is 7.11 Å². The Morgan fingerprint density at radius 2 is 1.70 bits per heavy atom. The lowest BCUT2D eigenvalue weighted by Crippen LogP contribution is -2.32. The van der Waals surface area contributed by atoms with Gasteiger partial charge in [0.15, 0.2) is 0 Å². The van der Waals surface area contributed by atoms with Crippen molar-refractivity contribution in [1.82, 2.24) is 0 Å². The number of benzene rings is 3. The van der Waals surface area contributed by atoms with E-state index in [1.165, 1.54) is 5.56 Å². The number of hydrogen-bond donors (Lipinski definition) is 2. The Labute approximate surface area is 178 Å². The molecule has 156 valence electrons. The number of hydrogen-bond acceptors (Lipinski definition) is 4. The Kier molecular flexibility index (Phi) is 7.33. The molecule has 0 heterocycles. The fourth-order valence-corrected chi connectivity index (χ4v) is 3.23. The van der Waals surface area contributed by atoms with Gasteiger partial charge in [-0.1, -0.05) is 42.5 Å². The van der Waals surface area contributed by atoms with Gasteiger partial charge in [-0.25, -0.2) is 0 Å². The van der Waals surface area contributed by atoms with Gasteiger partial charge in [-0.3, -0.25) is 4.79 Å². The first-order valence-corrected chi connectivity index (χ1v) is 10.1. The molecule has 0 radical (unpaired) electrons. The number of methoxy groups -OCH3 is 1. The van der Waals surface area contributed by atoms with E-state index in [1.807, 2.05) is 74.5 Å². The maximum Gasteiger partial charge on any atom is 0.246 e. The minimum absolute atomic E-state index is 0.136. The lowest BCUT2D eigenvalue weighted by atomic mass is 10.0. The molecule has 0 saturated heterocycles. The lowest BCUT2D eigenvalue weighted by molar-refractivity contribution is -0.116. The molecule has 0 aromatic heterocycles. The fourth-order valence-electron chi connectivity index (χ4n) is 3.23. The molecule has 0 saturated carbocycles. The minimum Gasteiger partial charge on any atom is -0.496 e. The quantitative estimate of drug-likeness (QED) is 0.519. The largest absolute Gasteiger partial charge is 0.496 e. The fraction of sp³-hybridized carbons (Fsp3) is 0.240. The van der Waals surface area contributed by atoms with Gasteiger partial charge in [-0.05, 0) is 49.7 Å². The van der Waals surface area contributed by atoms with Crippen molar-refractivity contribution < 1.29 is 14.3 Å². The second-order valence-electron chi connectivity index (χ2n) is 6.97. The van der Waals surface area contributed by atoms with E-state index in [9.17, 15) is 4.79 Å². The molecular formula is C25H28N2O3. The van der Waals surface area contributed by atoms with Crippen LogP contribution in [0.5, 0.6) is 11.5 Å². The monoisotopic (exact) mass is 404 g/mol. The van der Waals surface area contributed by atoms with Crippen LogP contribution in [0.1, 0.15) is 25.0 Å². The van der Waals surface area contributed by atoms with Gasteiger partial charge in [0.2, 0.25) is 5.91 Å². The molecule has 1 amide bonds. The average molecular weight is 405 g/mol. The van der Waals surface area contributed by atoms with Gasteiger partial charge in [0.05, 0.1) is 19.4 Å². The van der Waals surface area contributed by atoms with Crippen molar-refractivity contribution in [3.05, 3.63) is 83.9 Å². The Balaban J connectivity index is 1.71. The molecule has 0 aliphatic heterocycles. The molecule has 1 atom stereocenters. The van der Waals surface area contributed by atoms with Gasteiger partial charge in [0.25, 0.3) is 0 Å². The topological polar surface area (TPSA) is 59.6 Å². The highest BCUT2D eigenvalue weighted by Gasteiger charge is 2.16. The van der Waals surface area contributed by atoms with Crippen LogP contribution >= 0.6 is 0 Å². The first-order valence-electron chi connectivity index (χ1n) is 10.1. The van der Waals surface area contributed by atoms with Gasteiger partial charge in [0, 0.05) is 17.7 Å². The van der Waals surface area contributed by atoms with Crippen molar-refractivity contribution in [2.24, 2.45) is 0 Å². The third kappa shape index (κ3) is 5.54. The average Bonchev–Trinajstić information content (AvgIpc) is 2.76. The summed E-state index contributed by atoms with van der Waals surface area (Å²) in [5, 5.41) is 6.22. The second kappa shape index (κ2) is 10.3. The van der Waals surface area contributed by atoms with Gasteiger partial charge in [0.1, 0.15) is 17.5 Å². The molecule has 30 heavy (non-hydrogen) atoms. The number of nitrogens with one attached hydrogen (secondary N) is 2. The van der Waals surface area contributed by atoms with E-state index in [0.717, 1.165) is 23.4 Å². The van der Waals surface area contributed by atoms with Gasteiger partial charge >= 0.3 is 0 Å². The zero-order valence-corrected chi connectivity index (χ0v) is 17.6. The van der Waals surface area contributed by atoms with E-state index < -0.39 is 6.04 Å². The first-order chi connectivity index (χ1) is 14.6. The molecule has 2 N–H and O–H groups in total. The molecule has 0 fully saturated rings. The van der Waals surface area contributed by atoms with Crippen LogP contribution < -0.4 is 20.1 Å². The normalized spacial score (nSPS) is 11.4. The van der Waals surface area contributed by atoms with Crippen molar-refractivity contribution in [2.75, 3.05) is 24.4 Å². The van der Waals surface area contributed by atoms with Gasteiger partial charge in [-0.2, -0.15) is 0 Å². The lowest BCUT2D eigenvalue weighted by Gasteiger charge is -2.18. The second-order valence-corrected chi connectivity index (χ2v) is 6.97. The number of ether oxygens (including phenoxy) is 2. The summed E-state index contributed by atoms with van der Waals surface area (Å²) >= 11 is 0. The number of amides is 1. The van der Waals surface area contributed by atoms with E-state index >= 15 is 0 Å². The summed E-state index contributed by atoms with van der Waals surface area (Å²) in [4.78, 5) is 12.7. The molecule has 5 heteroatoms. The number of anilines is 2. The van der Waals surface area contributed by atoms with Crippen LogP contribution in [-0.4, -0.2) is 25.7 Å². The van der Waals surface area contributed by atoms with Crippen molar-refractivity contribution in [3.63, 3.8) is 0 Å².